The predicted octanol–water partition coefficient (Wildman–Crippen LogP) is 4.08. The monoisotopic (exact) mass is 318 g/mol. The lowest BCUT2D eigenvalue weighted by Gasteiger charge is -2.21. The van der Waals surface area contributed by atoms with Gasteiger partial charge >= 0.3 is 12.4 Å². The van der Waals surface area contributed by atoms with Gasteiger partial charge in [-0.3, -0.25) is 11.3 Å². The van der Waals surface area contributed by atoms with E-state index < -0.39 is 48.2 Å². The fraction of sp³-hybridized carbons (Fsp3) is 0.500. The normalized spacial score (nSPS) is 14.3. The molecule has 0 aliphatic rings. The molecule has 0 aliphatic heterocycles. The molecule has 9 heteroatoms. The van der Waals surface area contributed by atoms with E-state index in [2.05, 4.69) is 0 Å². The van der Waals surface area contributed by atoms with Crippen LogP contribution in [0.2, 0.25) is 0 Å². The molecule has 0 aromatic heterocycles. The van der Waals surface area contributed by atoms with Crippen molar-refractivity contribution in [2.45, 2.75) is 37.7 Å². The molecule has 0 spiro atoms. The average molecular weight is 318 g/mol. The molecule has 0 aliphatic carbocycles. The Balaban J connectivity index is 2.97. The molecule has 1 rings (SSSR count). The molecule has 0 fully saturated rings. The van der Waals surface area contributed by atoms with Gasteiger partial charge in [-0.05, 0) is 36.6 Å². The van der Waals surface area contributed by atoms with Crippen LogP contribution in [0.1, 0.15) is 36.4 Å². The fourth-order valence-corrected chi connectivity index (χ4v) is 1.92. The molecule has 0 amide bonds. The Labute approximate surface area is 116 Å². The standard InChI is InChI=1S/C12H13F7N2/c13-7-3-4-9(12(17,18)19)8(6-7)10(21-20)2-1-5-11(14,15)16/h3-4,6,10,21H,1-2,5,20H2. The highest BCUT2D eigenvalue weighted by atomic mass is 19.4. The summed E-state index contributed by atoms with van der Waals surface area (Å²) in [5.74, 6) is 4.17. The lowest BCUT2D eigenvalue weighted by Crippen LogP contribution is -2.30. The summed E-state index contributed by atoms with van der Waals surface area (Å²) < 4.78 is 87.7. The maximum Gasteiger partial charge on any atom is 0.416 e. The summed E-state index contributed by atoms with van der Waals surface area (Å²) in [4.78, 5) is 0. The Hall–Kier alpha value is -1.35. The largest absolute Gasteiger partial charge is 0.416 e. The van der Waals surface area contributed by atoms with Gasteiger partial charge in [-0.25, -0.2) is 4.39 Å². The summed E-state index contributed by atoms with van der Waals surface area (Å²) in [6.45, 7) is 0. The summed E-state index contributed by atoms with van der Waals surface area (Å²) >= 11 is 0. The average Bonchev–Trinajstić information content (AvgIpc) is 2.31. The first-order valence-electron chi connectivity index (χ1n) is 5.94. The zero-order chi connectivity index (χ0) is 16.3. The van der Waals surface area contributed by atoms with E-state index in [1.807, 2.05) is 5.43 Å². The second-order valence-corrected chi connectivity index (χ2v) is 4.46. The molecule has 0 radical (unpaired) electrons. The molecule has 0 bridgehead atoms. The molecule has 1 aromatic carbocycles. The van der Waals surface area contributed by atoms with Crippen molar-refractivity contribution in [2.24, 2.45) is 5.84 Å². The lowest BCUT2D eigenvalue weighted by atomic mass is 9.96. The smallest absolute Gasteiger partial charge is 0.271 e. The Morgan fingerprint density at radius 3 is 2.19 bits per heavy atom. The van der Waals surface area contributed by atoms with E-state index in [9.17, 15) is 30.7 Å². The van der Waals surface area contributed by atoms with Crippen molar-refractivity contribution < 1.29 is 30.7 Å². The van der Waals surface area contributed by atoms with E-state index in [4.69, 9.17) is 5.84 Å². The van der Waals surface area contributed by atoms with Crippen molar-refractivity contribution in [1.82, 2.24) is 5.43 Å². The number of nitrogens with one attached hydrogen (secondary N) is 1. The molecule has 1 atom stereocenters. The SMILES string of the molecule is NNC(CCCC(F)(F)F)c1cc(F)ccc1C(F)(F)F. The molecular weight excluding hydrogens is 305 g/mol. The van der Waals surface area contributed by atoms with Crippen molar-refractivity contribution in [3.63, 3.8) is 0 Å². The molecule has 3 N–H and O–H groups in total. The van der Waals surface area contributed by atoms with Gasteiger partial charge in [0.25, 0.3) is 0 Å². The van der Waals surface area contributed by atoms with E-state index >= 15 is 0 Å². The van der Waals surface area contributed by atoms with Crippen LogP contribution in [0.3, 0.4) is 0 Å². The van der Waals surface area contributed by atoms with Gasteiger partial charge in [0, 0.05) is 12.5 Å². The number of hydrogen-bond acceptors (Lipinski definition) is 2. The van der Waals surface area contributed by atoms with Crippen LogP contribution < -0.4 is 11.3 Å². The van der Waals surface area contributed by atoms with Gasteiger partial charge in [-0.2, -0.15) is 26.3 Å². The quantitative estimate of drug-likeness (QED) is 0.488. The third-order valence-corrected chi connectivity index (χ3v) is 2.85. The summed E-state index contributed by atoms with van der Waals surface area (Å²) in [6, 6.07) is 0.578. The minimum absolute atomic E-state index is 0.303. The van der Waals surface area contributed by atoms with Crippen LogP contribution in [-0.2, 0) is 6.18 Å². The molecule has 120 valence electrons. The second-order valence-electron chi connectivity index (χ2n) is 4.46. The van der Waals surface area contributed by atoms with Gasteiger partial charge in [0.05, 0.1) is 5.56 Å². The number of hydrogen-bond donors (Lipinski definition) is 2. The molecule has 21 heavy (non-hydrogen) atoms. The lowest BCUT2D eigenvalue weighted by molar-refractivity contribution is -0.139. The van der Waals surface area contributed by atoms with Crippen LogP contribution in [0, 0.1) is 5.82 Å². The van der Waals surface area contributed by atoms with Gasteiger partial charge in [-0.15, -0.1) is 0 Å². The highest BCUT2D eigenvalue weighted by molar-refractivity contribution is 5.33. The molecule has 0 heterocycles. The number of halogens is 7. The third-order valence-electron chi connectivity index (χ3n) is 2.85. The summed E-state index contributed by atoms with van der Waals surface area (Å²) in [5.41, 5.74) is 0.377. The Kier molecular flexibility index (Phi) is 5.57. The van der Waals surface area contributed by atoms with Crippen LogP contribution in [-0.4, -0.2) is 6.18 Å². The van der Waals surface area contributed by atoms with E-state index in [0.717, 1.165) is 0 Å². The molecule has 1 unspecified atom stereocenters. The van der Waals surface area contributed by atoms with E-state index in [0.29, 0.717) is 18.2 Å². The van der Waals surface area contributed by atoms with Crippen molar-refractivity contribution in [1.29, 1.82) is 0 Å². The molecule has 1 aromatic rings. The van der Waals surface area contributed by atoms with Gasteiger partial charge in [0.15, 0.2) is 0 Å². The van der Waals surface area contributed by atoms with Gasteiger partial charge in [0.1, 0.15) is 5.82 Å². The van der Waals surface area contributed by atoms with Gasteiger partial charge < -0.3 is 0 Å². The first-order chi connectivity index (χ1) is 9.54. The molecule has 2 nitrogen and oxygen atoms in total. The van der Waals surface area contributed by atoms with Crippen molar-refractivity contribution >= 4 is 0 Å². The zero-order valence-corrected chi connectivity index (χ0v) is 10.7. The van der Waals surface area contributed by atoms with E-state index in [-0.39, 0.29) is 6.42 Å². The maximum absolute atomic E-state index is 13.1. The Morgan fingerprint density at radius 2 is 1.71 bits per heavy atom. The van der Waals surface area contributed by atoms with Crippen LogP contribution >= 0.6 is 0 Å². The predicted molar refractivity (Wildman–Crippen MR) is 61.4 cm³/mol. The minimum Gasteiger partial charge on any atom is -0.271 e. The van der Waals surface area contributed by atoms with Gasteiger partial charge in [-0.1, -0.05) is 0 Å². The first kappa shape index (κ1) is 17.7. The summed E-state index contributed by atoms with van der Waals surface area (Å²) in [7, 11) is 0. The first-order valence-corrected chi connectivity index (χ1v) is 5.94. The van der Waals surface area contributed by atoms with Crippen molar-refractivity contribution in [3.8, 4) is 0 Å². The molecular formula is C12H13F7N2. The van der Waals surface area contributed by atoms with E-state index in [1.165, 1.54) is 0 Å². The van der Waals surface area contributed by atoms with E-state index in [1.54, 1.807) is 0 Å². The van der Waals surface area contributed by atoms with Crippen molar-refractivity contribution in [2.75, 3.05) is 0 Å². The number of alkyl halides is 6. The minimum atomic E-state index is -4.75. The van der Waals surface area contributed by atoms with Crippen LogP contribution in [0.25, 0.3) is 0 Å². The van der Waals surface area contributed by atoms with Crippen LogP contribution in [0.4, 0.5) is 30.7 Å². The third kappa shape index (κ3) is 5.50. The Morgan fingerprint density at radius 1 is 1.10 bits per heavy atom. The summed E-state index contributed by atoms with van der Waals surface area (Å²) in [6.07, 6.45) is -11.0. The number of hydrazine groups is 1. The zero-order valence-electron chi connectivity index (χ0n) is 10.7. The van der Waals surface area contributed by atoms with Crippen molar-refractivity contribution in [3.05, 3.63) is 35.1 Å². The van der Waals surface area contributed by atoms with Gasteiger partial charge in [0.2, 0.25) is 0 Å². The highest BCUT2D eigenvalue weighted by Gasteiger charge is 2.35. The fourth-order valence-electron chi connectivity index (χ4n) is 1.92. The van der Waals surface area contributed by atoms with Crippen LogP contribution in [0.15, 0.2) is 18.2 Å². The number of benzene rings is 1. The second kappa shape index (κ2) is 6.61. The highest BCUT2D eigenvalue weighted by Crippen LogP contribution is 2.36. The molecule has 0 saturated carbocycles. The molecule has 0 saturated heterocycles. The topological polar surface area (TPSA) is 38.0 Å². The maximum atomic E-state index is 13.1. The Bertz CT molecular complexity index is 468. The van der Waals surface area contributed by atoms with Crippen LogP contribution in [0.5, 0.6) is 0 Å². The summed E-state index contributed by atoms with van der Waals surface area (Å²) in [5, 5.41) is 0. The number of nitrogens with two attached hydrogens (primary N) is 1. The number of rotatable bonds is 5.